The van der Waals surface area contributed by atoms with Gasteiger partial charge >= 0.3 is 0 Å². The lowest BCUT2D eigenvalue weighted by Crippen LogP contribution is -1.97. The Kier molecular flexibility index (Phi) is 4.87. The zero-order valence-electron chi connectivity index (χ0n) is 12.1. The van der Waals surface area contributed by atoms with Gasteiger partial charge in [-0.3, -0.25) is 0 Å². The molecule has 100 valence electrons. The van der Waals surface area contributed by atoms with Crippen molar-refractivity contribution < 1.29 is 5.11 Å². The monoisotopic (exact) mass is 255 g/mol. The van der Waals surface area contributed by atoms with E-state index in [0.717, 1.165) is 22.5 Å². The van der Waals surface area contributed by atoms with Crippen LogP contribution in [0.1, 0.15) is 50.2 Å². The lowest BCUT2D eigenvalue weighted by Gasteiger charge is -2.11. The molecule has 0 saturated heterocycles. The van der Waals surface area contributed by atoms with Crippen LogP contribution >= 0.6 is 0 Å². The third kappa shape index (κ3) is 3.44. The second kappa shape index (κ2) is 6.19. The lowest BCUT2D eigenvalue weighted by atomic mass is 10.0. The van der Waals surface area contributed by atoms with E-state index in [0.29, 0.717) is 11.1 Å². The van der Waals surface area contributed by atoms with Crippen LogP contribution in [0.15, 0.2) is 24.3 Å². The van der Waals surface area contributed by atoms with E-state index in [1.54, 1.807) is 12.2 Å². The molecule has 0 spiro atoms. The highest BCUT2D eigenvalue weighted by Gasteiger charge is 2.13. The number of aromatic hydroxyl groups is 1. The van der Waals surface area contributed by atoms with Gasteiger partial charge in [0.05, 0.1) is 11.4 Å². The van der Waals surface area contributed by atoms with Crippen LogP contribution in [0.5, 0.6) is 5.75 Å². The Labute approximate surface area is 115 Å². The second-order valence-corrected chi connectivity index (χ2v) is 4.91. The molecule has 0 fully saturated rings. The summed E-state index contributed by atoms with van der Waals surface area (Å²) < 4.78 is 0. The van der Waals surface area contributed by atoms with Crippen molar-refractivity contribution in [1.29, 1.82) is 0 Å². The fraction of sp³-hybridized carbons (Fsp3) is 0.235. The van der Waals surface area contributed by atoms with E-state index in [2.05, 4.69) is 18.1 Å². The maximum absolute atomic E-state index is 10.3. The molecule has 2 nitrogen and oxygen atoms in total. The van der Waals surface area contributed by atoms with E-state index in [9.17, 15) is 5.11 Å². The molecule has 0 aliphatic carbocycles. The highest BCUT2D eigenvalue weighted by Crippen LogP contribution is 2.31. The molecule has 0 radical (unpaired) electrons. The molecule has 0 saturated carbocycles. The first kappa shape index (κ1) is 15.0. The zero-order valence-corrected chi connectivity index (χ0v) is 12.1. The van der Waals surface area contributed by atoms with Gasteiger partial charge in [-0.15, -0.1) is 0 Å². The van der Waals surface area contributed by atoms with Crippen LogP contribution in [-0.4, -0.2) is 10.1 Å². The van der Waals surface area contributed by atoms with Crippen molar-refractivity contribution >= 4 is 24.3 Å². The van der Waals surface area contributed by atoms with Gasteiger partial charge in [0.2, 0.25) is 0 Å². The van der Waals surface area contributed by atoms with Crippen molar-refractivity contribution in [1.82, 2.24) is 4.98 Å². The Hall–Kier alpha value is -2.09. The Morgan fingerprint density at radius 2 is 1.26 bits per heavy atom. The molecule has 0 amide bonds. The molecule has 0 atom stereocenters. The predicted octanol–water partition coefficient (Wildman–Crippen LogP) is 4.92. The van der Waals surface area contributed by atoms with Crippen molar-refractivity contribution in [2.24, 2.45) is 0 Å². The molecule has 0 aliphatic rings. The van der Waals surface area contributed by atoms with Crippen LogP contribution in [0.4, 0.5) is 0 Å². The highest BCUT2D eigenvalue weighted by atomic mass is 16.3. The first-order valence-electron chi connectivity index (χ1n) is 6.22. The minimum atomic E-state index is 0.181. The molecule has 0 aromatic carbocycles. The largest absolute Gasteiger partial charge is 0.507 e. The number of nitrogens with zero attached hydrogens (tertiary/aromatic N) is 1. The van der Waals surface area contributed by atoms with Gasteiger partial charge in [-0.1, -0.05) is 36.5 Å². The van der Waals surface area contributed by atoms with Crippen LogP contribution in [0, 0.1) is 0 Å². The van der Waals surface area contributed by atoms with Gasteiger partial charge < -0.3 is 5.11 Å². The minimum Gasteiger partial charge on any atom is -0.507 e. The van der Waals surface area contributed by atoms with Crippen LogP contribution in [0.3, 0.4) is 0 Å². The molecule has 0 unspecified atom stereocenters. The minimum absolute atomic E-state index is 0.181. The Morgan fingerprint density at radius 3 is 1.53 bits per heavy atom. The fourth-order valence-corrected chi connectivity index (χ4v) is 1.81. The van der Waals surface area contributed by atoms with Gasteiger partial charge in [0.1, 0.15) is 5.75 Å². The van der Waals surface area contributed by atoms with Crippen LogP contribution in [0.25, 0.3) is 24.3 Å². The first-order valence-corrected chi connectivity index (χ1v) is 6.22. The number of pyridine rings is 1. The number of rotatable bonds is 4. The average Bonchev–Trinajstić information content (AvgIpc) is 2.27. The molecule has 0 bridgehead atoms. The third-order valence-corrected chi connectivity index (χ3v) is 2.56. The molecule has 1 aromatic rings. The smallest absolute Gasteiger partial charge is 0.134 e. The number of aromatic nitrogens is 1. The topological polar surface area (TPSA) is 33.1 Å². The van der Waals surface area contributed by atoms with Gasteiger partial charge in [-0.25, -0.2) is 4.98 Å². The summed E-state index contributed by atoms with van der Waals surface area (Å²) in [5.74, 6) is 0.181. The molecule has 0 aliphatic heterocycles. The molecular formula is C17H21NO. The number of hydrogen-bond donors (Lipinski definition) is 1. The van der Waals surface area contributed by atoms with E-state index in [-0.39, 0.29) is 5.75 Å². The van der Waals surface area contributed by atoms with E-state index >= 15 is 0 Å². The van der Waals surface area contributed by atoms with Crippen LogP contribution in [0.2, 0.25) is 0 Å². The molecule has 2 heteroatoms. The fourth-order valence-electron chi connectivity index (χ4n) is 1.81. The Morgan fingerprint density at radius 1 is 0.895 bits per heavy atom. The van der Waals surface area contributed by atoms with E-state index in [1.165, 1.54) is 0 Å². The Bertz CT molecular complexity index is 521. The van der Waals surface area contributed by atoms with Crippen molar-refractivity contribution in [3.63, 3.8) is 0 Å². The Balaban J connectivity index is 3.71. The van der Waals surface area contributed by atoms with E-state index in [4.69, 9.17) is 0 Å². The van der Waals surface area contributed by atoms with Crippen LogP contribution < -0.4 is 0 Å². The standard InChI is InChI=1S/C17H21NO/c1-7-13-15(9-11(3)4)18-16(10-12(5)6)14(8-2)17(13)19/h7-10H,1-2H2,3-6H3,(H,18,19). The summed E-state index contributed by atoms with van der Waals surface area (Å²) in [6, 6.07) is 0. The molecule has 1 rings (SSSR count). The predicted molar refractivity (Wildman–Crippen MR) is 84.7 cm³/mol. The van der Waals surface area contributed by atoms with Crippen molar-refractivity contribution in [2.75, 3.05) is 0 Å². The molecule has 1 aromatic heterocycles. The SMILES string of the molecule is C=Cc1c(C=C(C)C)nc(C=C(C)C)c(C=C)c1O. The third-order valence-electron chi connectivity index (χ3n) is 2.56. The van der Waals surface area contributed by atoms with E-state index in [1.807, 2.05) is 39.8 Å². The summed E-state index contributed by atoms with van der Waals surface area (Å²) in [5.41, 5.74) is 4.97. The zero-order chi connectivity index (χ0) is 14.6. The summed E-state index contributed by atoms with van der Waals surface area (Å²) in [5, 5.41) is 10.3. The first-order chi connectivity index (χ1) is 8.90. The highest BCUT2D eigenvalue weighted by molar-refractivity contribution is 5.77. The van der Waals surface area contributed by atoms with Crippen molar-refractivity contribution in [3.05, 3.63) is 46.8 Å². The summed E-state index contributed by atoms with van der Waals surface area (Å²) in [6.07, 6.45) is 7.12. The number of allylic oxidation sites excluding steroid dienone is 2. The van der Waals surface area contributed by atoms with Gasteiger partial charge in [0, 0.05) is 11.1 Å². The van der Waals surface area contributed by atoms with Gasteiger partial charge in [0.25, 0.3) is 0 Å². The maximum Gasteiger partial charge on any atom is 0.134 e. The van der Waals surface area contributed by atoms with Gasteiger partial charge in [-0.05, 0) is 39.8 Å². The number of hydrogen-bond acceptors (Lipinski definition) is 2. The molecule has 19 heavy (non-hydrogen) atoms. The van der Waals surface area contributed by atoms with Crippen molar-refractivity contribution in [2.45, 2.75) is 27.7 Å². The van der Waals surface area contributed by atoms with Crippen LogP contribution in [-0.2, 0) is 0 Å². The summed E-state index contributed by atoms with van der Waals surface area (Å²) >= 11 is 0. The molecule has 1 heterocycles. The van der Waals surface area contributed by atoms with Gasteiger partial charge in [0.15, 0.2) is 0 Å². The average molecular weight is 255 g/mol. The normalized spacial score (nSPS) is 9.68. The summed E-state index contributed by atoms with van der Waals surface area (Å²) in [4.78, 5) is 4.60. The maximum atomic E-state index is 10.3. The summed E-state index contributed by atoms with van der Waals surface area (Å²) in [6.45, 7) is 15.5. The second-order valence-electron chi connectivity index (χ2n) is 4.91. The lowest BCUT2D eigenvalue weighted by molar-refractivity contribution is 0.471. The summed E-state index contributed by atoms with van der Waals surface area (Å²) in [7, 11) is 0. The van der Waals surface area contributed by atoms with E-state index < -0.39 is 0 Å². The van der Waals surface area contributed by atoms with Crippen molar-refractivity contribution in [3.8, 4) is 5.75 Å². The van der Waals surface area contributed by atoms with Gasteiger partial charge in [-0.2, -0.15) is 0 Å². The molecular weight excluding hydrogens is 234 g/mol. The quantitative estimate of drug-likeness (QED) is 0.828. The molecule has 1 N–H and O–H groups in total.